The van der Waals surface area contributed by atoms with Gasteiger partial charge in [-0.25, -0.2) is 4.39 Å². The van der Waals surface area contributed by atoms with E-state index >= 15 is 0 Å². The van der Waals surface area contributed by atoms with Gasteiger partial charge in [-0.2, -0.15) is 11.3 Å². The molecule has 2 aromatic rings. The number of nitrogens with zero attached hydrogens (tertiary/aromatic N) is 1. The Bertz CT molecular complexity index is 668. The Kier molecular flexibility index (Phi) is 3.93. The number of piperidine rings is 1. The number of rotatable bonds is 3. The molecule has 0 saturated carbocycles. The minimum atomic E-state index is -0.180. The van der Waals surface area contributed by atoms with Gasteiger partial charge in [-0.1, -0.05) is 12.1 Å². The van der Waals surface area contributed by atoms with E-state index in [0.29, 0.717) is 24.4 Å². The summed E-state index contributed by atoms with van der Waals surface area (Å²) in [6, 6.07) is 9.65. The average Bonchev–Trinajstić information content (AvgIpc) is 3.14. The minimum Gasteiger partial charge on any atom is -0.336 e. The van der Waals surface area contributed by atoms with E-state index in [-0.39, 0.29) is 11.7 Å². The third-order valence-electron chi connectivity index (χ3n) is 5.30. The predicted molar refractivity (Wildman–Crippen MR) is 90.1 cm³/mol. The molecule has 2 saturated heterocycles. The molecule has 0 spiro atoms. The normalized spacial score (nSPS) is 26.5. The number of carbonyl (C=O) groups is 1. The van der Waals surface area contributed by atoms with Gasteiger partial charge < -0.3 is 4.90 Å². The van der Waals surface area contributed by atoms with E-state index in [9.17, 15) is 9.18 Å². The van der Waals surface area contributed by atoms with E-state index < -0.39 is 0 Å². The summed E-state index contributed by atoms with van der Waals surface area (Å²) >= 11 is 1.64. The molecule has 4 rings (SSSR count). The van der Waals surface area contributed by atoms with Gasteiger partial charge in [0.25, 0.3) is 0 Å². The summed E-state index contributed by atoms with van der Waals surface area (Å²) in [7, 11) is 0. The summed E-state index contributed by atoms with van der Waals surface area (Å²) in [5.41, 5.74) is 2.34. The Morgan fingerprint density at radius 3 is 2.43 bits per heavy atom. The van der Waals surface area contributed by atoms with Crippen LogP contribution in [-0.4, -0.2) is 22.9 Å². The number of benzene rings is 1. The first-order valence-corrected chi connectivity index (χ1v) is 9.22. The van der Waals surface area contributed by atoms with Gasteiger partial charge in [0.2, 0.25) is 5.91 Å². The fraction of sp³-hybridized carbons (Fsp3) is 0.421. The molecular formula is C19H20FNOS. The maximum absolute atomic E-state index is 13.1. The monoisotopic (exact) mass is 329 g/mol. The lowest BCUT2D eigenvalue weighted by Crippen LogP contribution is -2.46. The molecule has 2 bridgehead atoms. The standard InChI is InChI=1S/C19H20FNOS/c20-16-3-1-14(2-4-16)15-10-17-5-6-18(11-15)21(17)19(22)9-13-7-8-23-12-13/h1-4,7-8,12,15,17-18H,5-6,9-11H2/t15?,17-,18+. The molecule has 1 amide bonds. The van der Waals surface area contributed by atoms with Crippen molar-refractivity contribution in [2.75, 3.05) is 0 Å². The SMILES string of the molecule is O=C(Cc1ccsc1)N1[C@@H]2CC[C@H]1CC(c1ccc(F)cc1)C2. The molecule has 0 N–H and O–H groups in total. The lowest BCUT2D eigenvalue weighted by Gasteiger charge is -2.39. The Morgan fingerprint density at radius 1 is 1.13 bits per heavy atom. The summed E-state index contributed by atoms with van der Waals surface area (Å²) in [5, 5.41) is 4.09. The molecule has 120 valence electrons. The second-order valence-corrected chi connectivity index (χ2v) is 7.49. The zero-order chi connectivity index (χ0) is 15.8. The summed E-state index contributed by atoms with van der Waals surface area (Å²) in [6.45, 7) is 0. The maximum atomic E-state index is 13.1. The van der Waals surface area contributed by atoms with E-state index in [2.05, 4.69) is 10.3 Å². The highest BCUT2D eigenvalue weighted by Gasteiger charge is 2.43. The zero-order valence-corrected chi connectivity index (χ0v) is 13.8. The van der Waals surface area contributed by atoms with Gasteiger partial charge in [0.15, 0.2) is 0 Å². The number of amides is 1. The first-order chi connectivity index (χ1) is 11.2. The highest BCUT2D eigenvalue weighted by atomic mass is 32.1. The second-order valence-electron chi connectivity index (χ2n) is 6.71. The molecule has 4 heteroatoms. The van der Waals surface area contributed by atoms with Crippen LogP contribution in [0.25, 0.3) is 0 Å². The lowest BCUT2D eigenvalue weighted by molar-refractivity contribution is -0.135. The molecule has 1 aromatic heterocycles. The van der Waals surface area contributed by atoms with E-state index in [4.69, 9.17) is 0 Å². The van der Waals surface area contributed by atoms with Crippen LogP contribution in [0.3, 0.4) is 0 Å². The largest absolute Gasteiger partial charge is 0.336 e. The first-order valence-electron chi connectivity index (χ1n) is 8.28. The van der Waals surface area contributed by atoms with Crippen LogP contribution in [0.1, 0.15) is 42.7 Å². The Labute approximate surface area is 139 Å². The molecule has 1 unspecified atom stereocenters. The number of halogens is 1. The van der Waals surface area contributed by atoms with Crippen molar-refractivity contribution in [1.82, 2.24) is 4.90 Å². The fourth-order valence-electron chi connectivity index (χ4n) is 4.25. The Hall–Kier alpha value is -1.68. The van der Waals surface area contributed by atoms with E-state index in [0.717, 1.165) is 31.2 Å². The molecule has 23 heavy (non-hydrogen) atoms. The summed E-state index contributed by atoms with van der Waals surface area (Å²) in [6.07, 6.45) is 4.77. The van der Waals surface area contributed by atoms with Gasteiger partial charge in [-0.3, -0.25) is 4.79 Å². The predicted octanol–water partition coefficient (Wildman–Crippen LogP) is 4.37. The van der Waals surface area contributed by atoms with Crippen molar-refractivity contribution in [3.05, 3.63) is 58.0 Å². The molecule has 3 atom stereocenters. The summed E-state index contributed by atoms with van der Waals surface area (Å²) in [4.78, 5) is 14.8. The lowest BCUT2D eigenvalue weighted by atomic mass is 9.85. The van der Waals surface area contributed by atoms with Crippen molar-refractivity contribution in [3.8, 4) is 0 Å². The fourth-order valence-corrected chi connectivity index (χ4v) is 4.92. The van der Waals surface area contributed by atoms with Crippen LogP contribution in [0.2, 0.25) is 0 Å². The topological polar surface area (TPSA) is 20.3 Å². The van der Waals surface area contributed by atoms with Crippen LogP contribution < -0.4 is 0 Å². The van der Waals surface area contributed by atoms with Crippen molar-refractivity contribution in [3.63, 3.8) is 0 Å². The molecular weight excluding hydrogens is 309 g/mol. The number of hydrogen-bond donors (Lipinski definition) is 0. The molecule has 0 aliphatic carbocycles. The molecule has 2 nitrogen and oxygen atoms in total. The van der Waals surface area contributed by atoms with E-state index in [1.807, 2.05) is 23.6 Å². The van der Waals surface area contributed by atoms with Crippen LogP contribution in [0, 0.1) is 5.82 Å². The molecule has 2 fully saturated rings. The highest BCUT2D eigenvalue weighted by molar-refractivity contribution is 7.08. The first kappa shape index (κ1) is 14.9. The highest BCUT2D eigenvalue weighted by Crippen LogP contribution is 2.43. The number of fused-ring (bicyclic) bond motifs is 2. The smallest absolute Gasteiger partial charge is 0.227 e. The third kappa shape index (κ3) is 2.92. The summed E-state index contributed by atoms with van der Waals surface area (Å²) < 4.78 is 13.1. The van der Waals surface area contributed by atoms with E-state index in [1.165, 1.54) is 5.56 Å². The van der Waals surface area contributed by atoms with Gasteiger partial charge in [-0.15, -0.1) is 0 Å². The van der Waals surface area contributed by atoms with Crippen LogP contribution >= 0.6 is 11.3 Å². The second kappa shape index (κ2) is 6.08. The third-order valence-corrected chi connectivity index (χ3v) is 6.03. The number of thiophene rings is 1. The molecule has 2 aliphatic rings. The van der Waals surface area contributed by atoms with Gasteiger partial charge in [0.1, 0.15) is 5.82 Å². The van der Waals surface area contributed by atoms with E-state index in [1.54, 1.807) is 23.5 Å². The van der Waals surface area contributed by atoms with Crippen molar-refractivity contribution in [1.29, 1.82) is 0 Å². The summed E-state index contributed by atoms with van der Waals surface area (Å²) in [5.74, 6) is 0.548. The van der Waals surface area contributed by atoms with Crippen LogP contribution in [-0.2, 0) is 11.2 Å². The van der Waals surface area contributed by atoms with Crippen LogP contribution in [0.4, 0.5) is 4.39 Å². The molecule has 1 aromatic carbocycles. The molecule has 2 aliphatic heterocycles. The Morgan fingerprint density at radius 2 is 1.83 bits per heavy atom. The van der Waals surface area contributed by atoms with Crippen LogP contribution in [0.5, 0.6) is 0 Å². The van der Waals surface area contributed by atoms with Gasteiger partial charge in [-0.05, 0) is 71.7 Å². The molecule has 0 radical (unpaired) electrons. The zero-order valence-electron chi connectivity index (χ0n) is 13.0. The van der Waals surface area contributed by atoms with Crippen molar-refractivity contribution < 1.29 is 9.18 Å². The van der Waals surface area contributed by atoms with Gasteiger partial charge in [0, 0.05) is 12.1 Å². The number of hydrogen-bond acceptors (Lipinski definition) is 2. The quantitative estimate of drug-likeness (QED) is 0.819. The van der Waals surface area contributed by atoms with Crippen molar-refractivity contribution in [2.45, 2.75) is 50.1 Å². The van der Waals surface area contributed by atoms with Crippen LogP contribution in [0.15, 0.2) is 41.1 Å². The van der Waals surface area contributed by atoms with Crippen molar-refractivity contribution in [2.24, 2.45) is 0 Å². The maximum Gasteiger partial charge on any atom is 0.227 e. The van der Waals surface area contributed by atoms with Crippen molar-refractivity contribution >= 4 is 17.2 Å². The van der Waals surface area contributed by atoms with Gasteiger partial charge in [0.05, 0.1) is 6.42 Å². The Balaban J connectivity index is 1.47. The number of carbonyl (C=O) groups excluding carboxylic acids is 1. The average molecular weight is 329 g/mol. The minimum absolute atomic E-state index is 0.180. The molecule has 3 heterocycles. The van der Waals surface area contributed by atoms with Gasteiger partial charge >= 0.3 is 0 Å².